The summed E-state index contributed by atoms with van der Waals surface area (Å²) in [5.41, 5.74) is 2.60. The first-order chi connectivity index (χ1) is 13.7. The van der Waals surface area contributed by atoms with E-state index in [4.69, 9.17) is 4.42 Å². The molecule has 0 fully saturated rings. The number of carbonyl (C=O) groups excluding carboxylic acids is 1. The van der Waals surface area contributed by atoms with Gasteiger partial charge in [0.1, 0.15) is 17.9 Å². The summed E-state index contributed by atoms with van der Waals surface area (Å²) in [5.74, 6) is 1.84. The van der Waals surface area contributed by atoms with E-state index >= 15 is 0 Å². The maximum Gasteiger partial charge on any atom is 0.255 e. The highest BCUT2D eigenvalue weighted by atomic mass is 16.3. The fourth-order valence-corrected chi connectivity index (χ4v) is 3.44. The maximum absolute atomic E-state index is 12.7. The van der Waals surface area contributed by atoms with Crippen LogP contribution in [0.15, 0.2) is 53.7 Å². The molecule has 1 aliphatic heterocycles. The van der Waals surface area contributed by atoms with E-state index in [1.807, 2.05) is 17.0 Å². The van der Waals surface area contributed by atoms with Crippen LogP contribution in [0.2, 0.25) is 0 Å². The number of nitrogens with one attached hydrogen (secondary N) is 1. The van der Waals surface area contributed by atoms with E-state index in [1.54, 1.807) is 37.1 Å². The van der Waals surface area contributed by atoms with Crippen molar-refractivity contribution in [3.8, 4) is 0 Å². The number of anilines is 1. The minimum atomic E-state index is -0.0151. The van der Waals surface area contributed by atoms with Gasteiger partial charge < -0.3 is 14.6 Å². The molecule has 0 saturated carbocycles. The first-order valence-electron chi connectivity index (χ1n) is 9.51. The summed E-state index contributed by atoms with van der Waals surface area (Å²) >= 11 is 0. The van der Waals surface area contributed by atoms with Gasteiger partial charge in [-0.15, -0.1) is 0 Å². The standard InChI is InChI=1S/C21H23N5O2/c1-15(6-7-17-5-3-11-28-17)25-20-18-8-10-26(13-19(18)23-14-24-20)21(27)16-4-2-9-22-12-16/h2-5,9,11-12,14-15H,6-8,10,13H2,1H3,(H,23,24,25). The summed E-state index contributed by atoms with van der Waals surface area (Å²) in [5, 5.41) is 3.50. The number of aryl methyl sites for hydroxylation is 1. The van der Waals surface area contributed by atoms with Gasteiger partial charge >= 0.3 is 0 Å². The second-order valence-corrected chi connectivity index (χ2v) is 7.03. The number of rotatable bonds is 6. The third-order valence-electron chi connectivity index (χ3n) is 4.99. The molecule has 0 radical (unpaired) electrons. The van der Waals surface area contributed by atoms with Crippen LogP contribution in [0.1, 0.15) is 40.7 Å². The van der Waals surface area contributed by atoms with Gasteiger partial charge in [0.05, 0.1) is 24.1 Å². The predicted octanol–water partition coefficient (Wildman–Crippen LogP) is 3.10. The van der Waals surface area contributed by atoms with E-state index in [9.17, 15) is 4.79 Å². The molecule has 1 unspecified atom stereocenters. The van der Waals surface area contributed by atoms with Gasteiger partial charge in [0, 0.05) is 37.0 Å². The van der Waals surface area contributed by atoms with E-state index in [2.05, 4.69) is 27.2 Å². The van der Waals surface area contributed by atoms with Crippen LogP contribution in [0, 0.1) is 0 Å². The van der Waals surface area contributed by atoms with Gasteiger partial charge in [-0.05, 0) is 44.0 Å². The number of fused-ring (bicyclic) bond motifs is 1. The summed E-state index contributed by atoms with van der Waals surface area (Å²) in [4.78, 5) is 27.4. The number of furan rings is 1. The SMILES string of the molecule is CC(CCc1ccco1)Nc1ncnc2c1CCN(C(=O)c1cccnc1)C2. The summed E-state index contributed by atoms with van der Waals surface area (Å²) < 4.78 is 5.40. The molecule has 0 saturated heterocycles. The van der Waals surface area contributed by atoms with Crippen LogP contribution in [0.5, 0.6) is 0 Å². The van der Waals surface area contributed by atoms with Crippen molar-refractivity contribution >= 4 is 11.7 Å². The number of amides is 1. The Labute approximate surface area is 163 Å². The number of hydrogen-bond donors (Lipinski definition) is 1. The van der Waals surface area contributed by atoms with Gasteiger partial charge in [0.25, 0.3) is 5.91 Å². The van der Waals surface area contributed by atoms with Crippen molar-refractivity contribution in [1.82, 2.24) is 19.9 Å². The fraction of sp³-hybridized carbons (Fsp3) is 0.333. The molecule has 1 aliphatic rings. The minimum Gasteiger partial charge on any atom is -0.469 e. The number of nitrogens with zero attached hydrogens (tertiary/aromatic N) is 4. The van der Waals surface area contributed by atoms with Gasteiger partial charge in [-0.2, -0.15) is 0 Å². The largest absolute Gasteiger partial charge is 0.469 e. The molecule has 4 rings (SSSR count). The Morgan fingerprint density at radius 2 is 2.25 bits per heavy atom. The smallest absolute Gasteiger partial charge is 0.255 e. The molecule has 7 heteroatoms. The third kappa shape index (κ3) is 4.03. The molecule has 0 aromatic carbocycles. The van der Waals surface area contributed by atoms with Crippen molar-refractivity contribution < 1.29 is 9.21 Å². The molecule has 28 heavy (non-hydrogen) atoms. The Morgan fingerprint density at radius 1 is 1.32 bits per heavy atom. The van der Waals surface area contributed by atoms with Crippen molar-refractivity contribution in [1.29, 1.82) is 0 Å². The van der Waals surface area contributed by atoms with Crippen molar-refractivity contribution in [2.45, 2.75) is 38.8 Å². The van der Waals surface area contributed by atoms with Crippen LogP contribution < -0.4 is 5.32 Å². The Hall–Kier alpha value is -3.22. The highest BCUT2D eigenvalue weighted by Crippen LogP contribution is 2.24. The number of carbonyl (C=O) groups is 1. The van der Waals surface area contributed by atoms with Crippen molar-refractivity contribution in [3.05, 3.63) is 71.8 Å². The normalized spacial score (nSPS) is 14.4. The van der Waals surface area contributed by atoms with Crippen LogP contribution in [0.4, 0.5) is 5.82 Å². The number of hydrogen-bond acceptors (Lipinski definition) is 6. The fourth-order valence-electron chi connectivity index (χ4n) is 3.44. The average molecular weight is 377 g/mol. The lowest BCUT2D eigenvalue weighted by molar-refractivity contribution is 0.0731. The molecule has 0 spiro atoms. The van der Waals surface area contributed by atoms with E-state index in [0.29, 0.717) is 18.7 Å². The number of aromatic nitrogens is 3. The molecular weight excluding hydrogens is 354 g/mol. The van der Waals surface area contributed by atoms with E-state index in [0.717, 1.165) is 42.1 Å². The molecule has 1 N–H and O–H groups in total. The minimum absolute atomic E-state index is 0.0151. The first kappa shape index (κ1) is 18.2. The van der Waals surface area contributed by atoms with Gasteiger partial charge in [0.2, 0.25) is 0 Å². The zero-order chi connectivity index (χ0) is 19.3. The number of pyridine rings is 1. The van der Waals surface area contributed by atoms with Gasteiger partial charge in [-0.3, -0.25) is 9.78 Å². The van der Waals surface area contributed by atoms with Gasteiger partial charge in [0.15, 0.2) is 0 Å². The molecule has 144 valence electrons. The highest BCUT2D eigenvalue weighted by molar-refractivity contribution is 5.94. The zero-order valence-corrected chi connectivity index (χ0v) is 15.8. The van der Waals surface area contributed by atoms with Crippen LogP contribution in [-0.2, 0) is 19.4 Å². The third-order valence-corrected chi connectivity index (χ3v) is 4.99. The second kappa shape index (κ2) is 8.21. The van der Waals surface area contributed by atoms with Crippen molar-refractivity contribution in [2.24, 2.45) is 0 Å². The summed E-state index contributed by atoms with van der Waals surface area (Å²) in [6, 6.07) is 7.72. The molecule has 1 atom stereocenters. The molecule has 0 aliphatic carbocycles. The lowest BCUT2D eigenvalue weighted by atomic mass is 10.0. The highest BCUT2D eigenvalue weighted by Gasteiger charge is 2.25. The molecule has 3 aromatic rings. The summed E-state index contributed by atoms with van der Waals surface area (Å²) in [6.07, 6.45) is 9.09. The van der Waals surface area contributed by atoms with Crippen molar-refractivity contribution in [2.75, 3.05) is 11.9 Å². The molecule has 3 aromatic heterocycles. The first-order valence-corrected chi connectivity index (χ1v) is 9.51. The van der Waals surface area contributed by atoms with E-state index < -0.39 is 0 Å². The van der Waals surface area contributed by atoms with Crippen molar-refractivity contribution in [3.63, 3.8) is 0 Å². The second-order valence-electron chi connectivity index (χ2n) is 7.03. The van der Waals surface area contributed by atoms with Gasteiger partial charge in [-0.25, -0.2) is 9.97 Å². The lowest BCUT2D eigenvalue weighted by Crippen LogP contribution is -2.37. The van der Waals surface area contributed by atoms with Gasteiger partial charge in [-0.1, -0.05) is 0 Å². The molecule has 1 amide bonds. The Morgan fingerprint density at radius 3 is 3.04 bits per heavy atom. The Bertz CT molecular complexity index is 927. The van der Waals surface area contributed by atoms with E-state index in [-0.39, 0.29) is 11.9 Å². The average Bonchev–Trinajstić information content (AvgIpc) is 3.26. The van der Waals surface area contributed by atoms with Crippen LogP contribution in [0.25, 0.3) is 0 Å². The summed E-state index contributed by atoms with van der Waals surface area (Å²) in [6.45, 7) is 3.27. The summed E-state index contributed by atoms with van der Waals surface area (Å²) in [7, 11) is 0. The maximum atomic E-state index is 12.7. The van der Waals surface area contributed by atoms with Crippen LogP contribution in [-0.4, -0.2) is 38.3 Å². The predicted molar refractivity (Wildman–Crippen MR) is 105 cm³/mol. The molecule has 7 nitrogen and oxygen atoms in total. The zero-order valence-electron chi connectivity index (χ0n) is 15.8. The molecule has 0 bridgehead atoms. The molecular formula is C21H23N5O2. The topological polar surface area (TPSA) is 84.2 Å². The quantitative estimate of drug-likeness (QED) is 0.711. The Balaban J connectivity index is 1.42. The monoisotopic (exact) mass is 377 g/mol. The van der Waals surface area contributed by atoms with Crippen LogP contribution >= 0.6 is 0 Å². The lowest BCUT2D eigenvalue weighted by Gasteiger charge is -2.29. The van der Waals surface area contributed by atoms with Crippen LogP contribution in [0.3, 0.4) is 0 Å². The van der Waals surface area contributed by atoms with E-state index in [1.165, 1.54) is 0 Å². The molecule has 4 heterocycles. The Kier molecular flexibility index (Phi) is 5.32.